The number of nitrogens with zero attached hydrogens (tertiary/aromatic N) is 2. The molecule has 0 N–H and O–H groups in total. The first kappa shape index (κ1) is 6.79. The summed E-state index contributed by atoms with van der Waals surface area (Å²) in [5, 5.41) is 6.02. The van der Waals surface area contributed by atoms with Gasteiger partial charge in [0.05, 0.1) is 6.20 Å². The summed E-state index contributed by atoms with van der Waals surface area (Å²) in [6, 6.07) is 0. The maximum atomic E-state index is 12.2. The molecule has 1 rings (SSSR count). The monoisotopic (exact) mass is 242 g/mol. The van der Waals surface area contributed by atoms with Crippen LogP contribution in [-0.4, -0.2) is 10.2 Å². The largest absolute Gasteiger partial charge is 0.249 e. The molecule has 48 valence electrons. The molecule has 1 aromatic rings. The van der Waals surface area contributed by atoms with Gasteiger partial charge in [-0.2, -0.15) is 9.49 Å². The molecular formula is C4HF2IN2. The van der Waals surface area contributed by atoms with Crippen LogP contribution in [0.4, 0.5) is 8.78 Å². The second kappa shape index (κ2) is 2.51. The number of aromatic nitrogens is 2. The molecule has 0 fully saturated rings. The minimum Gasteiger partial charge on any atom is -0.204 e. The third-order valence-electron chi connectivity index (χ3n) is 0.707. The molecule has 0 saturated heterocycles. The molecule has 0 aliphatic carbocycles. The average Bonchev–Trinajstić information content (AvgIpc) is 1.83. The van der Waals surface area contributed by atoms with E-state index in [4.69, 9.17) is 0 Å². The van der Waals surface area contributed by atoms with E-state index in [1.165, 1.54) is 22.6 Å². The van der Waals surface area contributed by atoms with Gasteiger partial charge in [-0.15, -0.1) is 5.10 Å². The lowest BCUT2D eigenvalue weighted by molar-refractivity contribution is 0.516. The Labute approximate surface area is 63.4 Å². The van der Waals surface area contributed by atoms with E-state index in [1.54, 1.807) is 0 Å². The Morgan fingerprint density at radius 3 is 2.56 bits per heavy atom. The maximum Gasteiger partial charge on any atom is 0.249 e. The molecule has 1 heterocycles. The summed E-state index contributed by atoms with van der Waals surface area (Å²) in [6.45, 7) is 0. The van der Waals surface area contributed by atoms with Gasteiger partial charge in [0.15, 0.2) is 5.82 Å². The molecule has 0 spiro atoms. The van der Waals surface area contributed by atoms with E-state index in [0.29, 0.717) is 0 Å². The van der Waals surface area contributed by atoms with Crippen molar-refractivity contribution in [3.63, 3.8) is 0 Å². The molecule has 0 aromatic carbocycles. The zero-order valence-corrected chi connectivity index (χ0v) is 6.26. The number of hydrogen-bond acceptors (Lipinski definition) is 2. The Morgan fingerprint density at radius 2 is 2.11 bits per heavy atom. The molecular weight excluding hydrogens is 241 g/mol. The Balaban J connectivity index is 3.25. The molecule has 0 unspecified atom stereocenters. The summed E-state index contributed by atoms with van der Waals surface area (Å²) in [7, 11) is 0. The molecule has 5 heteroatoms. The predicted molar refractivity (Wildman–Crippen MR) is 34.7 cm³/mol. The highest BCUT2D eigenvalue weighted by Crippen LogP contribution is 2.09. The third-order valence-corrected chi connectivity index (χ3v) is 1.67. The molecule has 9 heavy (non-hydrogen) atoms. The van der Waals surface area contributed by atoms with Crippen LogP contribution in [0.3, 0.4) is 0 Å². The van der Waals surface area contributed by atoms with Crippen molar-refractivity contribution < 1.29 is 8.78 Å². The van der Waals surface area contributed by atoms with Crippen LogP contribution < -0.4 is 0 Å². The van der Waals surface area contributed by atoms with Crippen LogP contribution in [0.5, 0.6) is 0 Å². The van der Waals surface area contributed by atoms with Gasteiger partial charge in [-0.3, -0.25) is 0 Å². The van der Waals surface area contributed by atoms with Gasteiger partial charge in [0.25, 0.3) is 0 Å². The van der Waals surface area contributed by atoms with Gasteiger partial charge in [0.2, 0.25) is 5.95 Å². The van der Waals surface area contributed by atoms with Gasteiger partial charge >= 0.3 is 0 Å². The van der Waals surface area contributed by atoms with E-state index in [1.807, 2.05) is 0 Å². The molecule has 0 radical (unpaired) electrons. The molecule has 0 aliphatic rings. The van der Waals surface area contributed by atoms with Crippen LogP contribution in [-0.2, 0) is 0 Å². The smallest absolute Gasteiger partial charge is 0.204 e. The minimum absolute atomic E-state index is 0.123. The third kappa shape index (κ3) is 1.32. The second-order valence-electron chi connectivity index (χ2n) is 1.30. The van der Waals surface area contributed by atoms with Crippen molar-refractivity contribution in [3.8, 4) is 0 Å². The summed E-state index contributed by atoms with van der Waals surface area (Å²) < 4.78 is 24.3. The fourth-order valence-corrected chi connectivity index (χ4v) is 0.576. The van der Waals surface area contributed by atoms with Gasteiger partial charge in [-0.05, 0) is 22.6 Å². The first-order chi connectivity index (χ1) is 4.22. The van der Waals surface area contributed by atoms with Gasteiger partial charge in [0, 0.05) is 0 Å². The van der Waals surface area contributed by atoms with Gasteiger partial charge in [-0.25, -0.2) is 4.39 Å². The lowest BCUT2D eigenvalue weighted by Crippen LogP contribution is -1.94. The molecule has 0 atom stereocenters. The standard InChI is InChI=1S/C4HF2IN2/c5-2-1-8-9-4(6)3(2)7/h1H. The molecule has 2 nitrogen and oxygen atoms in total. The highest BCUT2D eigenvalue weighted by molar-refractivity contribution is 14.1. The van der Waals surface area contributed by atoms with Crippen molar-refractivity contribution in [1.29, 1.82) is 0 Å². The minimum atomic E-state index is -0.865. The fraction of sp³-hybridized carbons (Fsp3) is 0. The van der Waals surface area contributed by atoms with Gasteiger partial charge < -0.3 is 0 Å². The zero-order valence-electron chi connectivity index (χ0n) is 4.11. The van der Waals surface area contributed by atoms with Gasteiger partial charge in [-0.1, -0.05) is 0 Å². The summed E-state index contributed by atoms with van der Waals surface area (Å²) in [5.41, 5.74) is 0. The van der Waals surface area contributed by atoms with E-state index in [2.05, 4.69) is 10.2 Å². The quantitative estimate of drug-likeness (QED) is 0.642. The summed E-state index contributed by atoms with van der Waals surface area (Å²) >= 11 is 1.52. The average molecular weight is 242 g/mol. The Morgan fingerprint density at radius 1 is 1.44 bits per heavy atom. The van der Waals surface area contributed by atoms with E-state index in [-0.39, 0.29) is 3.57 Å². The van der Waals surface area contributed by atoms with Gasteiger partial charge in [0.1, 0.15) is 3.57 Å². The van der Waals surface area contributed by atoms with E-state index in [9.17, 15) is 8.78 Å². The lowest BCUT2D eigenvalue weighted by atomic mass is 10.6. The first-order valence-electron chi connectivity index (χ1n) is 2.04. The summed E-state index contributed by atoms with van der Waals surface area (Å²) in [4.78, 5) is 0. The lowest BCUT2D eigenvalue weighted by Gasteiger charge is -1.89. The normalized spacial score (nSPS) is 9.67. The molecule has 0 bridgehead atoms. The van der Waals surface area contributed by atoms with E-state index < -0.39 is 11.8 Å². The van der Waals surface area contributed by atoms with Crippen LogP contribution in [0.2, 0.25) is 0 Å². The van der Waals surface area contributed by atoms with Crippen LogP contribution in [0.25, 0.3) is 0 Å². The fourth-order valence-electron chi connectivity index (χ4n) is 0.329. The van der Waals surface area contributed by atoms with Crippen molar-refractivity contribution in [3.05, 3.63) is 21.5 Å². The second-order valence-corrected chi connectivity index (χ2v) is 2.38. The highest BCUT2D eigenvalue weighted by atomic mass is 127. The van der Waals surface area contributed by atoms with Crippen LogP contribution in [0.1, 0.15) is 0 Å². The molecule has 0 amide bonds. The van der Waals surface area contributed by atoms with Crippen molar-refractivity contribution in [2.45, 2.75) is 0 Å². The van der Waals surface area contributed by atoms with E-state index in [0.717, 1.165) is 6.20 Å². The zero-order chi connectivity index (χ0) is 6.85. The number of rotatable bonds is 0. The Bertz CT molecular complexity index is 208. The topological polar surface area (TPSA) is 25.8 Å². The van der Waals surface area contributed by atoms with Crippen LogP contribution >= 0.6 is 22.6 Å². The Hall–Kier alpha value is -0.330. The van der Waals surface area contributed by atoms with Crippen LogP contribution in [0.15, 0.2) is 6.20 Å². The number of hydrogen-bond donors (Lipinski definition) is 0. The SMILES string of the molecule is Fc1cnnc(F)c1I. The van der Waals surface area contributed by atoms with Crippen molar-refractivity contribution >= 4 is 22.6 Å². The van der Waals surface area contributed by atoms with E-state index >= 15 is 0 Å². The Kier molecular flexibility index (Phi) is 1.89. The predicted octanol–water partition coefficient (Wildman–Crippen LogP) is 1.36. The summed E-state index contributed by atoms with van der Waals surface area (Å²) in [5.74, 6) is -1.54. The molecule has 1 aromatic heterocycles. The van der Waals surface area contributed by atoms with Crippen molar-refractivity contribution in [2.24, 2.45) is 0 Å². The van der Waals surface area contributed by atoms with Crippen molar-refractivity contribution in [1.82, 2.24) is 10.2 Å². The van der Waals surface area contributed by atoms with Crippen LogP contribution in [0, 0.1) is 15.3 Å². The highest BCUT2D eigenvalue weighted by Gasteiger charge is 2.04. The molecule has 0 saturated carbocycles. The van der Waals surface area contributed by atoms with Crippen molar-refractivity contribution in [2.75, 3.05) is 0 Å². The number of halogens is 3. The maximum absolute atomic E-state index is 12.2. The first-order valence-corrected chi connectivity index (χ1v) is 3.12. The summed E-state index contributed by atoms with van der Waals surface area (Å²) in [6.07, 6.45) is 0.866. The molecule has 0 aliphatic heterocycles.